The van der Waals surface area contributed by atoms with E-state index in [-0.39, 0.29) is 10.0 Å². The molecule has 3 rings (SSSR count). The van der Waals surface area contributed by atoms with Crippen LogP contribution < -0.4 is 4.72 Å². The summed E-state index contributed by atoms with van der Waals surface area (Å²) < 4.78 is 68.8. The molecule has 0 aliphatic carbocycles. The van der Waals surface area contributed by atoms with Crippen LogP contribution in [-0.2, 0) is 16.2 Å². The summed E-state index contributed by atoms with van der Waals surface area (Å²) in [7, 11) is -4.59. The molecule has 1 unspecified atom stereocenters. The van der Waals surface area contributed by atoms with Crippen molar-refractivity contribution in [1.29, 1.82) is 0 Å². The molecule has 1 N–H and O–H groups in total. The molecule has 31 heavy (non-hydrogen) atoms. The fraction of sp³-hybridized carbons (Fsp3) is 0.143. The van der Waals surface area contributed by atoms with Gasteiger partial charge in [0.05, 0.1) is 26.5 Å². The summed E-state index contributed by atoms with van der Waals surface area (Å²) in [6.45, 7) is 0. The van der Waals surface area contributed by atoms with Gasteiger partial charge in [-0.1, -0.05) is 59.6 Å². The third-order valence-corrected chi connectivity index (χ3v) is 7.55. The topological polar surface area (TPSA) is 46.2 Å². The second kappa shape index (κ2) is 9.42. The number of hydrogen-bond acceptors (Lipinski definition) is 3. The summed E-state index contributed by atoms with van der Waals surface area (Å²) in [5.41, 5.74) is -0.440. The minimum Gasteiger partial charge on any atom is -0.207 e. The molecular formula is C21H16Cl2F3NO2S2. The zero-order valence-corrected chi connectivity index (χ0v) is 19.1. The van der Waals surface area contributed by atoms with Crippen LogP contribution in [0.25, 0.3) is 0 Å². The van der Waals surface area contributed by atoms with E-state index in [0.29, 0.717) is 11.1 Å². The molecule has 10 heteroatoms. The summed E-state index contributed by atoms with van der Waals surface area (Å²) in [6.07, 6.45) is -2.95. The molecule has 3 nitrogen and oxygen atoms in total. The first-order valence-corrected chi connectivity index (χ1v) is 12.3. The lowest BCUT2D eigenvalue weighted by Crippen LogP contribution is -2.31. The highest BCUT2D eigenvalue weighted by Crippen LogP contribution is 2.37. The molecule has 0 fully saturated rings. The molecule has 3 aromatic carbocycles. The van der Waals surface area contributed by atoms with E-state index in [1.54, 1.807) is 36.4 Å². The van der Waals surface area contributed by atoms with Crippen molar-refractivity contribution in [3.05, 3.63) is 93.5 Å². The third-order valence-electron chi connectivity index (χ3n) is 4.50. The highest BCUT2D eigenvalue weighted by molar-refractivity contribution is 7.98. The first-order chi connectivity index (χ1) is 14.5. The minimum absolute atomic E-state index is 0.106. The Hall–Kier alpha value is -1.71. The maximum atomic E-state index is 13.4. The predicted molar refractivity (Wildman–Crippen MR) is 118 cm³/mol. The zero-order valence-electron chi connectivity index (χ0n) is 16.0. The minimum atomic E-state index is -4.84. The summed E-state index contributed by atoms with van der Waals surface area (Å²) >= 11 is 13.9. The van der Waals surface area contributed by atoms with Crippen LogP contribution in [0.5, 0.6) is 0 Å². The van der Waals surface area contributed by atoms with Crippen LogP contribution in [0, 0.1) is 0 Å². The number of benzene rings is 3. The molecule has 0 saturated heterocycles. The molecule has 0 aliphatic rings. The highest BCUT2D eigenvalue weighted by Gasteiger charge is 2.38. The van der Waals surface area contributed by atoms with Crippen molar-refractivity contribution >= 4 is 45.0 Å². The molecule has 0 aliphatic heterocycles. The standard InChI is InChI=1S/C21H16Cl2F3NO2S2/c1-30-14-11-9-13(10-12-14)20(15-5-4-7-17(22)19(15)23)27-31(28,29)18-8-3-2-6-16(18)21(24,25)26/h2-12,20,27H,1H3. The van der Waals surface area contributed by atoms with E-state index in [1.165, 1.54) is 23.9 Å². The first-order valence-electron chi connectivity index (χ1n) is 8.81. The van der Waals surface area contributed by atoms with Gasteiger partial charge in [-0.15, -0.1) is 11.8 Å². The van der Waals surface area contributed by atoms with E-state index < -0.39 is 32.7 Å². The van der Waals surface area contributed by atoms with Gasteiger partial charge < -0.3 is 0 Å². The number of nitrogens with one attached hydrogen (secondary N) is 1. The molecule has 0 amide bonds. The Morgan fingerprint density at radius 3 is 2.19 bits per heavy atom. The molecule has 1 atom stereocenters. The van der Waals surface area contributed by atoms with E-state index >= 15 is 0 Å². The lowest BCUT2D eigenvalue weighted by Gasteiger charge is -2.23. The number of sulfonamides is 1. The van der Waals surface area contributed by atoms with Crippen molar-refractivity contribution < 1.29 is 21.6 Å². The SMILES string of the molecule is CSc1ccc(C(NS(=O)(=O)c2ccccc2C(F)(F)F)c2cccc(Cl)c2Cl)cc1. The van der Waals surface area contributed by atoms with E-state index in [2.05, 4.69) is 4.72 Å². The average Bonchev–Trinajstić information content (AvgIpc) is 2.74. The Bertz CT molecular complexity index is 1180. The van der Waals surface area contributed by atoms with Gasteiger partial charge in [0.2, 0.25) is 10.0 Å². The summed E-state index contributed by atoms with van der Waals surface area (Å²) in [5, 5.41) is 0.301. The van der Waals surface area contributed by atoms with Crippen molar-refractivity contribution in [1.82, 2.24) is 4.72 Å². The predicted octanol–water partition coefficient (Wildman–Crippen LogP) is 6.80. The van der Waals surface area contributed by atoms with Gasteiger partial charge in [0.1, 0.15) is 0 Å². The molecule has 0 spiro atoms. The summed E-state index contributed by atoms with van der Waals surface area (Å²) in [4.78, 5) is 0.0661. The Labute approximate surface area is 192 Å². The van der Waals surface area contributed by atoms with E-state index in [9.17, 15) is 21.6 Å². The van der Waals surface area contributed by atoms with Crippen molar-refractivity contribution in [2.75, 3.05) is 6.26 Å². The van der Waals surface area contributed by atoms with Crippen LogP contribution in [0.1, 0.15) is 22.7 Å². The number of hydrogen-bond donors (Lipinski definition) is 1. The van der Waals surface area contributed by atoms with Gasteiger partial charge in [-0.2, -0.15) is 17.9 Å². The number of rotatable bonds is 6. The fourth-order valence-electron chi connectivity index (χ4n) is 3.00. The summed E-state index contributed by atoms with van der Waals surface area (Å²) in [6, 6.07) is 14.6. The lowest BCUT2D eigenvalue weighted by atomic mass is 10.00. The Morgan fingerprint density at radius 1 is 0.935 bits per heavy atom. The fourth-order valence-corrected chi connectivity index (χ4v) is 5.26. The molecular weight excluding hydrogens is 490 g/mol. The van der Waals surface area contributed by atoms with Crippen molar-refractivity contribution in [2.45, 2.75) is 22.0 Å². The first kappa shape index (κ1) is 23.9. The smallest absolute Gasteiger partial charge is 0.207 e. The molecule has 164 valence electrons. The number of halogens is 5. The molecule has 0 bridgehead atoms. The molecule has 0 saturated carbocycles. The number of thioether (sulfide) groups is 1. The van der Waals surface area contributed by atoms with Gasteiger partial charge in [-0.3, -0.25) is 0 Å². The van der Waals surface area contributed by atoms with Gasteiger partial charge >= 0.3 is 6.18 Å². The van der Waals surface area contributed by atoms with Gasteiger partial charge in [-0.05, 0) is 47.7 Å². The van der Waals surface area contributed by atoms with Gasteiger partial charge in [0, 0.05) is 4.90 Å². The largest absolute Gasteiger partial charge is 0.417 e. The second-order valence-corrected chi connectivity index (χ2v) is 9.81. The molecule has 0 heterocycles. The molecule has 3 aromatic rings. The lowest BCUT2D eigenvalue weighted by molar-refractivity contribution is -0.139. The summed E-state index contributed by atoms with van der Waals surface area (Å²) in [5.74, 6) is 0. The van der Waals surface area contributed by atoms with Crippen molar-refractivity contribution in [2.24, 2.45) is 0 Å². The normalized spacial score (nSPS) is 13.2. The molecule has 0 radical (unpaired) electrons. The van der Waals surface area contributed by atoms with Gasteiger partial charge in [-0.25, -0.2) is 8.42 Å². The average molecular weight is 506 g/mol. The monoisotopic (exact) mass is 505 g/mol. The van der Waals surface area contributed by atoms with E-state index in [4.69, 9.17) is 23.2 Å². The van der Waals surface area contributed by atoms with E-state index in [0.717, 1.165) is 23.1 Å². The maximum absolute atomic E-state index is 13.4. The Kier molecular flexibility index (Phi) is 7.28. The third kappa shape index (κ3) is 5.38. The quantitative estimate of drug-likeness (QED) is 0.374. The zero-order chi connectivity index (χ0) is 22.8. The van der Waals surface area contributed by atoms with Crippen molar-refractivity contribution in [3.8, 4) is 0 Å². The Balaban J connectivity index is 2.14. The Morgan fingerprint density at radius 2 is 1.58 bits per heavy atom. The maximum Gasteiger partial charge on any atom is 0.417 e. The van der Waals surface area contributed by atoms with Gasteiger partial charge in [0.25, 0.3) is 0 Å². The molecule has 0 aromatic heterocycles. The van der Waals surface area contributed by atoms with E-state index in [1.807, 2.05) is 6.26 Å². The highest BCUT2D eigenvalue weighted by atomic mass is 35.5. The van der Waals surface area contributed by atoms with Crippen molar-refractivity contribution in [3.63, 3.8) is 0 Å². The van der Waals surface area contributed by atoms with Crippen LogP contribution in [-0.4, -0.2) is 14.7 Å². The second-order valence-electron chi connectivity index (χ2n) is 6.46. The van der Waals surface area contributed by atoms with Crippen LogP contribution in [0.2, 0.25) is 10.0 Å². The van der Waals surface area contributed by atoms with Gasteiger partial charge in [0.15, 0.2) is 0 Å². The van der Waals surface area contributed by atoms with Crippen LogP contribution in [0.3, 0.4) is 0 Å². The van der Waals surface area contributed by atoms with Crippen LogP contribution >= 0.6 is 35.0 Å². The van der Waals surface area contributed by atoms with Crippen LogP contribution in [0.15, 0.2) is 76.5 Å². The number of alkyl halides is 3. The van der Waals surface area contributed by atoms with Crippen LogP contribution in [0.4, 0.5) is 13.2 Å².